The second kappa shape index (κ2) is 6.36. The molecule has 110 valence electrons. The Morgan fingerprint density at radius 3 is 2.53 bits per heavy atom. The van der Waals surface area contributed by atoms with Crippen LogP contribution in [0.5, 0.6) is 0 Å². The summed E-state index contributed by atoms with van der Waals surface area (Å²) in [4.78, 5) is 25.1. The van der Waals surface area contributed by atoms with E-state index >= 15 is 0 Å². The summed E-state index contributed by atoms with van der Waals surface area (Å²) >= 11 is 0. The molecule has 0 bridgehead atoms. The standard InChI is InChI=1S/C12H22N2O4S/c1-4-19(17,18)7-5-6-14-8-10(15)13-11(9(2)3)12(14)16/h9,11H,4-8H2,1-3H3,(H,13,15). The normalized spacial score (nSPS) is 20.8. The molecule has 0 aromatic carbocycles. The van der Waals surface area contributed by atoms with Gasteiger partial charge < -0.3 is 10.2 Å². The average Bonchev–Trinajstić information content (AvgIpc) is 2.32. The van der Waals surface area contributed by atoms with Crippen molar-refractivity contribution < 1.29 is 18.0 Å². The Labute approximate surface area is 114 Å². The molecule has 7 heteroatoms. The van der Waals surface area contributed by atoms with Gasteiger partial charge in [-0.2, -0.15) is 0 Å². The highest BCUT2D eigenvalue weighted by molar-refractivity contribution is 7.91. The van der Waals surface area contributed by atoms with Gasteiger partial charge in [-0.3, -0.25) is 9.59 Å². The summed E-state index contributed by atoms with van der Waals surface area (Å²) in [6.45, 7) is 5.67. The third-order valence-electron chi connectivity index (χ3n) is 3.22. The van der Waals surface area contributed by atoms with Crippen molar-refractivity contribution in [3.05, 3.63) is 0 Å². The van der Waals surface area contributed by atoms with E-state index in [1.807, 2.05) is 13.8 Å². The summed E-state index contributed by atoms with van der Waals surface area (Å²) in [5.41, 5.74) is 0. The number of carbonyl (C=O) groups excluding carboxylic acids is 2. The van der Waals surface area contributed by atoms with E-state index in [1.54, 1.807) is 6.92 Å². The van der Waals surface area contributed by atoms with Crippen molar-refractivity contribution in [2.24, 2.45) is 5.92 Å². The number of hydrogen-bond donors (Lipinski definition) is 1. The molecule has 1 aliphatic heterocycles. The number of piperazine rings is 1. The van der Waals surface area contributed by atoms with Crippen LogP contribution in [-0.2, 0) is 19.4 Å². The fourth-order valence-electron chi connectivity index (χ4n) is 1.99. The number of nitrogens with one attached hydrogen (secondary N) is 1. The number of amides is 2. The van der Waals surface area contributed by atoms with Crippen molar-refractivity contribution >= 4 is 21.7 Å². The zero-order valence-corrected chi connectivity index (χ0v) is 12.5. The first kappa shape index (κ1) is 15.9. The molecule has 0 aromatic rings. The van der Waals surface area contributed by atoms with Crippen LogP contribution < -0.4 is 5.32 Å². The molecule has 1 heterocycles. The van der Waals surface area contributed by atoms with E-state index in [9.17, 15) is 18.0 Å². The van der Waals surface area contributed by atoms with E-state index < -0.39 is 15.9 Å². The van der Waals surface area contributed by atoms with Crippen LogP contribution in [-0.4, -0.2) is 55.8 Å². The Balaban J connectivity index is 2.57. The highest BCUT2D eigenvalue weighted by Gasteiger charge is 2.34. The van der Waals surface area contributed by atoms with Gasteiger partial charge >= 0.3 is 0 Å². The topological polar surface area (TPSA) is 83.6 Å². The lowest BCUT2D eigenvalue weighted by Gasteiger charge is -2.34. The average molecular weight is 290 g/mol. The van der Waals surface area contributed by atoms with Crippen LogP contribution in [0.25, 0.3) is 0 Å². The second-order valence-electron chi connectivity index (χ2n) is 5.14. The third kappa shape index (κ3) is 4.49. The highest BCUT2D eigenvalue weighted by atomic mass is 32.2. The molecule has 0 spiro atoms. The molecule has 1 N–H and O–H groups in total. The summed E-state index contributed by atoms with van der Waals surface area (Å²) in [7, 11) is -3.02. The minimum Gasteiger partial charge on any atom is -0.343 e. The zero-order valence-electron chi connectivity index (χ0n) is 11.7. The van der Waals surface area contributed by atoms with Gasteiger partial charge in [0.25, 0.3) is 0 Å². The van der Waals surface area contributed by atoms with E-state index in [1.165, 1.54) is 4.90 Å². The summed E-state index contributed by atoms with van der Waals surface area (Å²) in [6.07, 6.45) is 0.375. The fourth-order valence-corrected chi connectivity index (χ4v) is 2.85. The van der Waals surface area contributed by atoms with E-state index in [0.29, 0.717) is 13.0 Å². The molecule has 1 unspecified atom stereocenters. The monoisotopic (exact) mass is 290 g/mol. The van der Waals surface area contributed by atoms with E-state index in [-0.39, 0.29) is 35.8 Å². The Bertz CT molecular complexity index is 445. The number of carbonyl (C=O) groups is 2. The van der Waals surface area contributed by atoms with Crippen molar-refractivity contribution in [1.82, 2.24) is 10.2 Å². The maximum absolute atomic E-state index is 12.1. The van der Waals surface area contributed by atoms with Crippen LogP contribution >= 0.6 is 0 Å². The first-order valence-corrected chi connectivity index (χ1v) is 8.37. The molecule has 0 aromatic heterocycles. The van der Waals surface area contributed by atoms with Gasteiger partial charge in [0.1, 0.15) is 15.9 Å². The molecule has 2 amide bonds. The Morgan fingerprint density at radius 2 is 2.00 bits per heavy atom. The molecular weight excluding hydrogens is 268 g/mol. The summed E-state index contributed by atoms with van der Waals surface area (Å²) in [6, 6.07) is -0.496. The smallest absolute Gasteiger partial charge is 0.245 e. The van der Waals surface area contributed by atoms with Gasteiger partial charge in [-0.05, 0) is 12.3 Å². The molecule has 0 aliphatic carbocycles. The molecule has 1 atom stereocenters. The van der Waals surface area contributed by atoms with Gasteiger partial charge in [0.2, 0.25) is 11.8 Å². The Kier molecular flexibility index (Phi) is 5.34. The molecule has 19 heavy (non-hydrogen) atoms. The molecule has 1 rings (SSSR count). The molecule has 1 fully saturated rings. The van der Waals surface area contributed by atoms with Crippen LogP contribution in [0.1, 0.15) is 27.2 Å². The highest BCUT2D eigenvalue weighted by Crippen LogP contribution is 2.11. The van der Waals surface area contributed by atoms with Gasteiger partial charge in [-0.1, -0.05) is 20.8 Å². The maximum Gasteiger partial charge on any atom is 0.245 e. The van der Waals surface area contributed by atoms with Gasteiger partial charge in [0.15, 0.2) is 0 Å². The Morgan fingerprint density at radius 1 is 1.37 bits per heavy atom. The lowest BCUT2D eigenvalue weighted by atomic mass is 10.0. The van der Waals surface area contributed by atoms with Gasteiger partial charge in [0, 0.05) is 12.3 Å². The van der Waals surface area contributed by atoms with Crippen LogP contribution in [0.15, 0.2) is 0 Å². The maximum atomic E-state index is 12.1. The minimum atomic E-state index is -3.02. The van der Waals surface area contributed by atoms with E-state index in [0.717, 1.165) is 0 Å². The fraction of sp³-hybridized carbons (Fsp3) is 0.833. The van der Waals surface area contributed by atoms with Crippen molar-refractivity contribution in [3.63, 3.8) is 0 Å². The van der Waals surface area contributed by atoms with Crippen molar-refractivity contribution in [3.8, 4) is 0 Å². The summed E-state index contributed by atoms with van der Waals surface area (Å²) < 4.78 is 22.8. The Hall–Kier alpha value is -1.11. The van der Waals surface area contributed by atoms with Gasteiger partial charge in [-0.25, -0.2) is 8.42 Å². The predicted octanol–water partition coefficient (Wildman–Crippen LogP) is -0.206. The van der Waals surface area contributed by atoms with Crippen LogP contribution in [0.2, 0.25) is 0 Å². The molecule has 6 nitrogen and oxygen atoms in total. The summed E-state index contributed by atoms with van der Waals surface area (Å²) in [5, 5.41) is 2.66. The predicted molar refractivity (Wildman–Crippen MR) is 72.3 cm³/mol. The molecule has 0 saturated carbocycles. The van der Waals surface area contributed by atoms with Crippen LogP contribution in [0.3, 0.4) is 0 Å². The number of rotatable bonds is 6. The zero-order chi connectivity index (χ0) is 14.6. The van der Waals surface area contributed by atoms with Gasteiger partial charge in [0.05, 0.1) is 12.3 Å². The lowest BCUT2D eigenvalue weighted by Crippen LogP contribution is -2.59. The SMILES string of the molecule is CCS(=O)(=O)CCCN1CC(=O)NC(C(C)C)C1=O. The second-order valence-corrected chi connectivity index (χ2v) is 7.61. The van der Waals surface area contributed by atoms with Crippen molar-refractivity contribution in [1.29, 1.82) is 0 Å². The number of nitrogens with zero attached hydrogens (tertiary/aromatic N) is 1. The van der Waals surface area contributed by atoms with Crippen molar-refractivity contribution in [2.75, 3.05) is 24.6 Å². The minimum absolute atomic E-state index is 0.0220. The van der Waals surface area contributed by atoms with Gasteiger partial charge in [-0.15, -0.1) is 0 Å². The number of sulfone groups is 1. The molecule has 1 saturated heterocycles. The number of hydrogen-bond acceptors (Lipinski definition) is 4. The molecular formula is C12H22N2O4S. The van der Waals surface area contributed by atoms with E-state index in [2.05, 4.69) is 5.32 Å². The summed E-state index contributed by atoms with van der Waals surface area (Å²) in [5.74, 6) is -0.115. The lowest BCUT2D eigenvalue weighted by molar-refractivity contribution is -0.145. The quantitative estimate of drug-likeness (QED) is 0.734. The molecule has 1 aliphatic rings. The first-order chi connectivity index (χ1) is 8.76. The third-order valence-corrected chi connectivity index (χ3v) is 5.01. The van der Waals surface area contributed by atoms with E-state index in [4.69, 9.17) is 0 Å². The first-order valence-electron chi connectivity index (χ1n) is 6.55. The molecule has 0 radical (unpaired) electrons. The largest absolute Gasteiger partial charge is 0.343 e. The van der Waals surface area contributed by atoms with Crippen LogP contribution in [0.4, 0.5) is 0 Å². The van der Waals surface area contributed by atoms with Crippen molar-refractivity contribution in [2.45, 2.75) is 33.2 Å². The van der Waals surface area contributed by atoms with Crippen LogP contribution in [0, 0.1) is 5.92 Å².